The Morgan fingerprint density at radius 2 is 1.83 bits per heavy atom. The van der Waals surface area contributed by atoms with Crippen LogP contribution in [0, 0.1) is 6.92 Å². The monoisotopic (exact) mass is 321 g/mol. The molecule has 0 heterocycles. The van der Waals surface area contributed by atoms with E-state index in [9.17, 15) is 4.79 Å². The van der Waals surface area contributed by atoms with Gasteiger partial charge in [0.05, 0.1) is 6.42 Å². The molecule has 1 amide bonds. The lowest BCUT2D eigenvalue weighted by Crippen LogP contribution is -2.17. The Kier molecular flexibility index (Phi) is 5.03. The van der Waals surface area contributed by atoms with Gasteiger partial charge in [-0.15, -0.1) is 0 Å². The Morgan fingerprint density at radius 1 is 1.08 bits per heavy atom. The van der Waals surface area contributed by atoms with Gasteiger partial charge in [-0.25, -0.2) is 0 Å². The van der Waals surface area contributed by atoms with Gasteiger partial charge in [0.25, 0.3) is 0 Å². The Morgan fingerprint density at radius 3 is 2.58 bits per heavy atom. The van der Waals surface area contributed by atoms with Crippen molar-refractivity contribution >= 4 is 11.6 Å². The number of fused-ring (bicyclic) bond motifs is 1. The van der Waals surface area contributed by atoms with Crippen LogP contribution in [0.5, 0.6) is 0 Å². The summed E-state index contributed by atoms with van der Waals surface area (Å²) in [7, 11) is 0. The number of carbonyl (C=O) groups excluding carboxylic acids is 1. The third-order valence-corrected chi connectivity index (χ3v) is 4.97. The molecule has 1 aliphatic carbocycles. The summed E-state index contributed by atoms with van der Waals surface area (Å²) in [5, 5.41) is 3.15. The fourth-order valence-corrected chi connectivity index (χ4v) is 3.61. The lowest BCUT2D eigenvalue weighted by Gasteiger charge is -2.18. The minimum atomic E-state index is 0.0713. The number of benzene rings is 2. The number of para-hydroxylation sites is 1. The Labute approximate surface area is 145 Å². The predicted octanol–water partition coefficient (Wildman–Crippen LogP) is 5.18. The van der Waals surface area contributed by atoms with Crippen molar-refractivity contribution in [1.29, 1.82) is 0 Å². The van der Waals surface area contributed by atoms with Gasteiger partial charge in [-0.05, 0) is 66.3 Å². The molecule has 0 saturated carbocycles. The first kappa shape index (κ1) is 16.8. The smallest absolute Gasteiger partial charge is 0.228 e. The zero-order valence-electron chi connectivity index (χ0n) is 15.0. The standard InChI is InChI=1S/C22H27NO/c1-15(2)20-10-6-7-16(3)22(20)23-21(24)14-17-11-12-18-8-4-5-9-19(18)13-17/h6-7,10-13,15H,4-5,8-9,14H2,1-3H3,(H,23,24). The molecule has 0 unspecified atom stereocenters. The van der Waals surface area contributed by atoms with E-state index in [1.165, 1.54) is 36.0 Å². The molecule has 0 aromatic heterocycles. The van der Waals surface area contributed by atoms with Crippen molar-refractivity contribution in [1.82, 2.24) is 0 Å². The van der Waals surface area contributed by atoms with Crippen molar-refractivity contribution in [2.24, 2.45) is 0 Å². The number of carbonyl (C=O) groups is 1. The third kappa shape index (κ3) is 3.69. The number of hydrogen-bond acceptors (Lipinski definition) is 1. The predicted molar refractivity (Wildman–Crippen MR) is 101 cm³/mol. The van der Waals surface area contributed by atoms with E-state index in [1.54, 1.807) is 0 Å². The minimum Gasteiger partial charge on any atom is -0.325 e. The molecule has 0 bridgehead atoms. The molecular weight excluding hydrogens is 294 g/mol. The topological polar surface area (TPSA) is 29.1 Å². The normalized spacial score (nSPS) is 13.7. The summed E-state index contributed by atoms with van der Waals surface area (Å²) in [5.41, 5.74) is 7.33. The summed E-state index contributed by atoms with van der Waals surface area (Å²) < 4.78 is 0. The maximum atomic E-state index is 12.6. The highest BCUT2D eigenvalue weighted by molar-refractivity contribution is 5.94. The van der Waals surface area contributed by atoms with Crippen molar-refractivity contribution in [2.75, 3.05) is 5.32 Å². The molecule has 126 valence electrons. The van der Waals surface area contributed by atoms with Gasteiger partial charge < -0.3 is 5.32 Å². The van der Waals surface area contributed by atoms with Crippen LogP contribution < -0.4 is 5.32 Å². The summed E-state index contributed by atoms with van der Waals surface area (Å²) in [6.45, 7) is 6.38. The van der Waals surface area contributed by atoms with Gasteiger partial charge in [-0.1, -0.05) is 50.2 Å². The summed E-state index contributed by atoms with van der Waals surface area (Å²) in [5.74, 6) is 0.464. The van der Waals surface area contributed by atoms with Gasteiger partial charge in [-0.2, -0.15) is 0 Å². The van der Waals surface area contributed by atoms with Crippen LogP contribution in [0.25, 0.3) is 0 Å². The highest BCUT2D eigenvalue weighted by Crippen LogP contribution is 2.28. The summed E-state index contributed by atoms with van der Waals surface area (Å²) in [4.78, 5) is 12.6. The van der Waals surface area contributed by atoms with Gasteiger partial charge in [0.15, 0.2) is 0 Å². The minimum absolute atomic E-state index is 0.0713. The van der Waals surface area contributed by atoms with Gasteiger partial charge >= 0.3 is 0 Å². The lowest BCUT2D eigenvalue weighted by molar-refractivity contribution is -0.115. The second kappa shape index (κ2) is 7.21. The van der Waals surface area contributed by atoms with Crippen LogP contribution in [0.2, 0.25) is 0 Å². The number of anilines is 1. The first-order chi connectivity index (χ1) is 11.5. The van der Waals surface area contributed by atoms with Gasteiger partial charge in [-0.3, -0.25) is 4.79 Å². The number of amides is 1. The average molecular weight is 321 g/mol. The molecule has 2 aromatic rings. The van der Waals surface area contributed by atoms with Crippen molar-refractivity contribution in [2.45, 2.75) is 58.8 Å². The van der Waals surface area contributed by atoms with E-state index >= 15 is 0 Å². The van der Waals surface area contributed by atoms with E-state index in [0.29, 0.717) is 12.3 Å². The number of aryl methyl sites for hydroxylation is 3. The van der Waals surface area contributed by atoms with Gasteiger partial charge in [0.2, 0.25) is 5.91 Å². The molecule has 2 aromatic carbocycles. The van der Waals surface area contributed by atoms with E-state index in [4.69, 9.17) is 0 Å². The van der Waals surface area contributed by atoms with E-state index < -0.39 is 0 Å². The maximum absolute atomic E-state index is 12.6. The van der Waals surface area contributed by atoms with Crippen LogP contribution in [0.1, 0.15) is 60.4 Å². The maximum Gasteiger partial charge on any atom is 0.228 e. The fraction of sp³-hybridized carbons (Fsp3) is 0.409. The summed E-state index contributed by atoms with van der Waals surface area (Å²) in [6.07, 6.45) is 5.34. The first-order valence-corrected chi connectivity index (χ1v) is 9.04. The van der Waals surface area contributed by atoms with Crippen molar-refractivity contribution in [3.63, 3.8) is 0 Å². The Hall–Kier alpha value is -2.09. The number of rotatable bonds is 4. The van der Waals surface area contributed by atoms with Crippen molar-refractivity contribution in [3.8, 4) is 0 Å². The molecule has 0 spiro atoms. The number of hydrogen-bond donors (Lipinski definition) is 1. The SMILES string of the molecule is Cc1cccc(C(C)C)c1NC(=O)Cc1ccc2c(c1)CCCC2. The molecule has 24 heavy (non-hydrogen) atoms. The molecule has 1 N–H and O–H groups in total. The summed E-state index contributed by atoms with van der Waals surface area (Å²) >= 11 is 0. The molecule has 2 heteroatoms. The van der Waals surface area contributed by atoms with Crippen LogP contribution in [0.15, 0.2) is 36.4 Å². The molecule has 2 nitrogen and oxygen atoms in total. The molecule has 3 rings (SSSR count). The highest BCUT2D eigenvalue weighted by Gasteiger charge is 2.14. The Balaban J connectivity index is 1.75. The lowest BCUT2D eigenvalue weighted by atomic mass is 9.90. The van der Waals surface area contributed by atoms with Crippen molar-refractivity contribution < 1.29 is 4.79 Å². The number of nitrogens with one attached hydrogen (secondary N) is 1. The molecule has 0 atom stereocenters. The average Bonchev–Trinajstić information content (AvgIpc) is 2.56. The molecule has 0 saturated heterocycles. The second-order valence-electron chi connectivity index (χ2n) is 7.23. The van der Waals surface area contributed by atoms with Crippen LogP contribution >= 0.6 is 0 Å². The fourth-order valence-electron chi connectivity index (χ4n) is 3.61. The zero-order valence-corrected chi connectivity index (χ0v) is 15.0. The highest BCUT2D eigenvalue weighted by atomic mass is 16.1. The van der Waals surface area contributed by atoms with E-state index in [0.717, 1.165) is 23.2 Å². The first-order valence-electron chi connectivity index (χ1n) is 9.04. The van der Waals surface area contributed by atoms with E-state index in [2.05, 4.69) is 62.5 Å². The van der Waals surface area contributed by atoms with Crippen LogP contribution in [-0.2, 0) is 24.1 Å². The van der Waals surface area contributed by atoms with Crippen LogP contribution in [-0.4, -0.2) is 5.91 Å². The molecule has 1 aliphatic rings. The van der Waals surface area contributed by atoms with Gasteiger partial charge in [0, 0.05) is 5.69 Å². The second-order valence-corrected chi connectivity index (χ2v) is 7.23. The van der Waals surface area contributed by atoms with E-state index in [1.807, 2.05) is 0 Å². The largest absolute Gasteiger partial charge is 0.325 e. The van der Waals surface area contributed by atoms with Crippen molar-refractivity contribution in [3.05, 3.63) is 64.2 Å². The molecular formula is C22H27NO. The van der Waals surface area contributed by atoms with Crippen LogP contribution in [0.3, 0.4) is 0 Å². The Bertz CT molecular complexity index is 746. The van der Waals surface area contributed by atoms with Gasteiger partial charge in [0.1, 0.15) is 0 Å². The zero-order chi connectivity index (χ0) is 17.1. The molecule has 0 radical (unpaired) electrons. The molecule has 0 fully saturated rings. The third-order valence-electron chi connectivity index (χ3n) is 4.97. The van der Waals surface area contributed by atoms with Crippen LogP contribution in [0.4, 0.5) is 5.69 Å². The molecule has 0 aliphatic heterocycles. The van der Waals surface area contributed by atoms with E-state index in [-0.39, 0.29) is 5.91 Å². The quantitative estimate of drug-likeness (QED) is 0.826. The summed E-state index contributed by atoms with van der Waals surface area (Å²) in [6, 6.07) is 12.8.